The van der Waals surface area contributed by atoms with Gasteiger partial charge in [0.1, 0.15) is 5.69 Å². The monoisotopic (exact) mass is 181 g/mol. The molecule has 1 heterocycles. The lowest BCUT2D eigenvalue weighted by Gasteiger charge is -2.15. The van der Waals surface area contributed by atoms with Crippen LogP contribution >= 0.6 is 0 Å². The van der Waals surface area contributed by atoms with Crippen LogP contribution in [0.5, 0.6) is 0 Å². The van der Waals surface area contributed by atoms with Gasteiger partial charge in [-0.3, -0.25) is 9.48 Å². The van der Waals surface area contributed by atoms with E-state index in [1.165, 1.54) is 4.68 Å². The molecule has 0 aliphatic carbocycles. The maximum Gasteiger partial charge on any atom is 0.170 e. The van der Waals surface area contributed by atoms with E-state index < -0.39 is 0 Å². The largest absolute Gasteiger partial charge is 0.395 e. The minimum atomic E-state index is -0.122. The molecule has 1 aromatic rings. The molecule has 0 atom stereocenters. The summed E-state index contributed by atoms with van der Waals surface area (Å²) in [5.74, 6) is 0. The summed E-state index contributed by atoms with van der Waals surface area (Å²) in [6.45, 7) is 6.04. The Labute approximate surface area is 77.7 Å². The molecule has 0 fully saturated rings. The number of hydrogen-bond acceptors (Lipinski definition) is 3. The number of nitrogen functional groups attached to an aromatic ring is 1. The summed E-state index contributed by atoms with van der Waals surface area (Å²) in [6, 6.07) is 0. The van der Waals surface area contributed by atoms with Gasteiger partial charge < -0.3 is 5.73 Å². The van der Waals surface area contributed by atoms with Crippen LogP contribution in [0.1, 0.15) is 37.0 Å². The first-order valence-corrected chi connectivity index (χ1v) is 4.16. The number of carbonyl (C=O) groups excluding carboxylic acids is 1. The van der Waals surface area contributed by atoms with Gasteiger partial charge in [0.05, 0.1) is 11.4 Å². The molecule has 1 rings (SSSR count). The summed E-state index contributed by atoms with van der Waals surface area (Å²) in [6.07, 6.45) is 0.734. The summed E-state index contributed by atoms with van der Waals surface area (Å²) >= 11 is 0. The van der Waals surface area contributed by atoms with Gasteiger partial charge in [-0.15, -0.1) is 0 Å². The van der Waals surface area contributed by atoms with E-state index >= 15 is 0 Å². The number of aldehydes is 1. The second-order valence-corrected chi connectivity index (χ2v) is 4.14. The summed E-state index contributed by atoms with van der Waals surface area (Å²) in [5.41, 5.74) is 7.38. The highest BCUT2D eigenvalue weighted by Gasteiger charge is 2.23. The summed E-state index contributed by atoms with van der Waals surface area (Å²) in [7, 11) is 1.72. The molecule has 0 unspecified atom stereocenters. The minimum absolute atomic E-state index is 0.122. The Hall–Kier alpha value is -1.32. The third-order valence-corrected chi connectivity index (χ3v) is 1.95. The van der Waals surface area contributed by atoms with Crippen molar-refractivity contribution in [1.29, 1.82) is 0 Å². The maximum atomic E-state index is 10.6. The van der Waals surface area contributed by atoms with Crippen LogP contribution in [0, 0.1) is 0 Å². The molecule has 0 bridgehead atoms. The third kappa shape index (κ3) is 1.56. The highest BCUT2D eigenvalue weighted by atomic mass is 16.1. The smallest absolute Gasteiger partial charge is 0.170 e. The van der Waals surface area contributed by atoms with Crippen molar-refractivity contribution in [3.8, 4) is 0 Å². The number of nitrogens with two attached hydrogens (primary N) is 1. The van der Waals surface area contributed by atoms with Crippen LogP contribution < -0.4 is 5.73 Å². The van der Waals surface area contributed by atoms with Gasteiger partial charge in [-0.25, -0.2) is 0 Å². The Morgan fingerprint density at radius 1 is 1.46 bits per heavy atom. The average Bonchev–Trinajstić information content (AvgIpc) is 2.25. The van der Waals surface area contributed by atoms with Crippen LogP contribution in [-0.4, -0.2) is 16.1 Å². The Bertz CT molecular complexity index is 333. The first-order valence-electron chi connectivity index (χ1n) is 4.16. The molecular weight excluding hydrogens is 166 g/mol. The first kappa shape index (κ1) is 9.77. The van der Waals surface area contributed by atoms with Crippen molar-refractivity contribution >= 4 is 12.0 Å². The number of aromatic nitrogens is 2. The lowest BCUT2D eigenvalue weighted by atomic mass is 9.91. The fourth-order valence-electron chi connectivity index (χ4n) is 1.25. The number of nitrogens with zero attached hydrogens (tertiary/aromatic N) is 2. The number of carbonyl (C=O) groups is 1. The van der Waals surface area contributed by atoms with Gasteiger partial charge in [-0.1, -0.05) is 20.8 Å². The van der Waals surface area contributed by atoms with Crippen molar-refractivity contribution in [2.45, 2.75) is 26.2 Å². The van der Waals surface area contributed by atoms with Crippen molar-refractivity contribution in [1.82, 2.24) is 9.78 Å². The third-order valence-electron chi connectivity index (χ3n) is 1.95. The van der Waals surface area contributed by atoms with Gasteiger partial charge in [0.15, 0.2) is 6.29 Å². The Morgan fingerprint density at radius 3 is 2.23 bits per heavy atom. The molecule has 2 N–H and O–H groups in total. The van der Waals surface area contributed by atoms with E-state index in [4.69, 9.17) is 5.73 Å². The van der Waals surface area contributed by atoms with Gasteiger partial charge in [0.25, 0.3) is 0 Å². The molecule has 0 aliphatic rings. The molecular formula is C9H15N3O. The molecule has 0 radical (unpaired) electrons. The SMILES string of the molecule is Cn1nc(C(C)(C)C)c(N)c1C=O. The summed E-state index contributed by atoms with van der Waals surface area (Å²) in [4.78, 5) is 10.6. The molecule has 0 spiro atoms. The van der Waals surface area contributed by atoms with Gasteiger partial charge in [0, 0.05) is 12.5 Å². The lowest BCUT2D eigenvalue weighted by molar-refractivity contribution is 0.111. The van der Waals surface area contributed by atoms with Gasteiger partial charge in [0.2, 0.25) is 0 Å². The topological polar surface area (TPSA) is 60.9 Å². The molecule has 1 aromatic heterocycles. The predicted molar refractivity (Wildman–Crippen MR) is 51.7 cm³/mol. The zero-order chi connectivity index (χ0) is 10.2. The molecule has 4 nitrogen and oxygen atoms in total. The van der Waals surface area contributed by atoms with Crippen LogP contribution in [0.2, 0.25) is 0 Å². The van der Waals surface area contributed by atoms with Gasteiger partial charge in [-0.2, -0.15) is 5.10 Å². The first-order chi connectivity index (χ1) is 5.88. The fourth-order valence-corrected chi connectivity index (χ4v) is 1.25. The molecule has 0 saturated carbocycles. The molecule has 0 saturated heterocycles. The normalized spacial score (nSPS) is 11.7. The molecule has 0 aliphatic heterocycles. The number of hydrogen-bond donors (Lipinski definition) is 1. The van der Waals surface area contributed by atoms with E-state index in [1.807, 2.05) is 20.8 Å². The van der Waals surface area contributed by atoms with Crippen LogP contribution in [0.4, 0.5) is 5.69 Å². The molecule has 4 heteroatoms. The standard InChI is InChI=1S/C9H15N3O/c1-9(2,3)8-7(10)6(5-13)12(4)11-8/h5H,10H2,1-4H3. The van der Waals surface area contributed by atoms with E-state index in [9.17, 15) is 4.79 Å². The van der Waals surface area contributed by atoms with Crippen molar-refractivity contribution in [3.05, 3.63) is 11.4 Å². The minimum Gasteiger partial charge on any atom is -0.395 e. The Kier molecular flexibility index (Phi) is 2.15. The Balaban J connectivity index is 3.34. The van der Waals surface area contributed by atoms with E-state index in [0.29, 0.717) is 11.4 Å². The van der Waals surface area contributed by atoms with E-state index in [-0.39, 0.29) is 5.41 Å². The summed E-state index contributed by atoms with van der Waals surface area (Å²) < 4.78 is 1.52. The number of anilines is 1. The van der Waals surface area contributed by atoms with Crippen LogP contribution in [-0.2, 0) is 12.5 Å². The van der Waals surface area contributed by atoms with Gasteiger partial charge in [-0.05, 0) is 0 Å². The summed E-state index contributed by atoms with van der Waals surface area (Å²) in [5, 5.41) is 4.21. The zero-order valence-electron chi connectivity index (χ0n) is 8.46. The predicted octanol–water partition coefficient (Wildman–Crippen LogP) is 1.11. The highest BCUT2D eigenvalue weighted by Crippen LogP contribution is 2.27. The molecule has 0 aromatic carbocycles. The molecule has 0 amide bonds. The van der Waals surface area contributed by atoms with E-state index in [2.05, 4.69) is 5.10 Å². The fraction of sp³-hybridized carbons (Fsp3) is 0.556. The van der Waals surface area contributed by atoms with Crippen molar-refractivity contribution < 1.29 is 4.79 Å². The van der Waals surface area contributed by atoms with E-state index in [0.717, 1.165) is 12.0 Å². The van der Waals surface area contributed by atoms with Gasteiger partial charge >= 0.3 is 0 Å². The van der Waals surface area contributed by atoms with Crippen molar-refractivity contribution in [3.63, 3.8) is 0 Å². The molecule has 13 heavy (non-hydrogen) atoms. The average molecular weight is 181 g/mol. The lowest BCUT2D eigenvalue weighted by Crippen LogP contribution is -2.14. The second-order valence-electron chi connectivity index (χ2n) is 4.14. The number of aryl methyl sites for hydroxylation is 1. The Morgan fingerprint density at radius 2 is 2.00 bits per heavy atom. The molecule has 72 valence electrons. The highest BCUT2D eigenvalue weighted by molar-refractivity contribution is 5.82. The number of rotatable bonds is 1. The van der Waals surface area contributed by atoms with Crippen LogP contribution in [0.25, 0.3) is 0 Å². The quantitative estimate of drug-likeness (QED) is 0.660. The van der Waals surface area contributed by atoms with Crippen LogP contribution in [0.3, 0.4) is 0 Å². The second kappa shape index (κ2) is 2.87. The van der Waals surface area contributed by atoms with E-state index in [1.54, 1.807) is 7.05 Å². The van der Waals surface area contributed by atoms with Crippen molar-refractivity contribution in [2.24, 2.45) is 7.05 Å². The maximum absolute atomic E-state index is 10.6. The van der Waals surface area contributed by atoms with Crippen LogP contribution in [0.15, 0.2) is 0 Å². The van der Waals surface area contributed by atoms with Crippen molar-refractivity contribution in [2.75, 3.05) is 5.73 Å². The zero-order valence-corrected chi connectivity index (χ0v) is 8.46.